The van der Waals surface area contributed by atoms with E-state index in [1.54, 1.807) is 12.5 Å². The molecule has 3 aromatic carbocycles. The second-order valence-electron chi connectivity index (χ2n) is 6.65. The summed E-state index contributed by atoms with van der Waals surface area (Å²) in [6.45, 7) is 16.1. The Bertz CT molecular complexity index is 876. The summed E-state index contributed by atoms with van der Waals surface area (Å²) in [5, 5.41) is 4.19. The Morgan fingerprint density at radius 2 is 1.25 bits per heavy atom. The van der Waals surface area contributed by atoms with E-state index >= 15 is 0 Å². The van der Waals surface area contributed by atoms with E-state index in [4.69, 9.17) is 9.30 Å². The minimum atomic E-state index is -0.446. The van der Waals surface area contributed by atoms with Crippen molar-refractivity contribution in [1.29, 1.82) is 0 Å². The number of allylic oxidation sites excluding steroid dienone is 1. The van der Waals surface area contributed by atoms with E-state index in [0.717, 1.165) is 6.42 Å². The Morgan fingerprint density at radius 1 is 0.889 bits per heavy atom. The summed E-state index contributed by atoms with van der Waals surface area (Å²) in [5.74, 6) is -0.271. The number of benzene rings is 3. The zero-order valence-electron chi connectivity index (χ0n) is 20.1. The van der Waals surface area contributed by atoms with Crippen LogP contribution in [0.4, 0.5) is 0 Å². The van der Waals surface area contributed by atoms with Gasteiger partial charge < -0.3 is 4.74 Å². The monoisotopic (exact) mass is 540 g/mol. The van der Waals surface area contributed by atoms with Gasteiger partial charge in [-0.05, 0) is 37.2 Å². The molecule has 0 spiro atoms. The summed E-state index contributed by atoms with van der Waals surface area (Å²) < 4.78 is 19.5. The summed E-state index contributed by atoms with van der Waals surface area (Å²) >= 11 is 0. The van der Waals surface area contributed by atoms with E-state index in [1.165, 1.54) is 29.4 Å². The molecule has 0 heterocycles. The number of hydrogen-bond acceptors (Lipinski definition) is 2. The quantitative estimate of drug-likeness (QED) is 0.0940. The van der Waals surface area contributed by atoms with Crippen molar-refractivity contribution in [3.05, 3.63) is 143 Å². The molecule has 36 heavy (non-hydrogen) atoms. The normalized spacial score (nSPS) is 9.64. The van der Waals surface area contributed by atoms with Crippen molar-refractivity contribution in [3.63, 3.8) is 0 Å². The first kappa shape index (κ1) is 35.3. The molecule has 0 aliphatic heterocycles. The van der Waals surface area contributed by atoms with Gasteiger partial charge in [0.05, 0.1) is 7.11 Å². The van der Waals surface area contributed by atoms with Gasteiger partial charge in [0.15, 0.2) is 5.97 Å². The Kier molecular flexibility index (Phi) is 23.4. The number of carbonyl (C=O) groups excluding carboxylic acids is 1. The molecule has 3 rings (SSSR count). The first-order chi connectivity index (χ1) is 17.2. The van der Waals surface area contributed by atoms with Crippen LogP contribution in [0, 0.1) is 45.4 Å². The number of carbonyl (C=O) groups is 1. The molecule has 1 atom stereocenters. The molecule has 0 amide bonds. The molecule has 0 N–H and O–H groups in total. The van der Waals surface area contributed by atoms with E-state index in [1.807, 2.05) is 6.42 Å². The second kappa shape index (κ2) is 23.9. The molecular weight excluding hydrogens is 511 g/mol. The number of rotatable bonds is 9. The Labute approximate surface area is 227 Å². The van der Waals surface area contributed by atoms with Crippen LogP contribution in [-0.2, 0) is 35.9 Å². The van der Waals surface area contributed by atoms with Gasteiger partial charge in [-0.3, -0.25) is 11.2 Å². The molecule has 0 aromatic heterocycles. The van der Waals surface area contributed by atoms with E-state index in [0.29, 0.717) is 0 Å². The van der Waals surface area contributed by atoms with E-state index in [9.17, 15) is 4.79 Å². The summed E-state index contributed by atoms with van der Waals surface area (Å²) in [7, 11) is 0.913. The van der Waals surface area contributed by atoms with Gasteiger partial charge in [0, 0.05) is 0 Å². The molecule has 0 fully saturated rings. The number of methoxy groups -OCH3 is 1. The third-order valence-electron chi connectivity index (χ3n) is 4.42. The fourth-order valence-electron chi connectivity index (χ4n) is 2.99. The second-order valence-corrected chi connectivity index (χ2v) is 8.87. The van der Waals surface area contributed by atoms with Gasteiger partial charge in [0.2, 0.25) is 0 Å². The maximum atomic E-state index is 10.8. The first-order valence-electron chi connectivity index (χ1n) is 10.5. The minimum Gasteiger partial charge on any atom is -0.491 e. The van der Waals surface area contributed by atoms with Crippen molar-refractivity contribution in [1.82, 2.24) is 0 Å². The predicted octanol–water partition coefficient (Wildman–Crippen LogP) is 5.17. The predicted molar refractivity (Wildman–Crippen MR) is 142 cm³/mol. The van der Waals surface area contributed by atoms with Gasteiger partial charge >= 0.3 is 39.7 Å². The van der Waals surface area contributed by atoms with E-state index in [2.05, 4.69) is 123 Å². The summed E-state index contributed by atoms with van der Waals surface area (Å²) in [4.78, 5) is 10.8. The molecule has 0 aliphatic rings. The number of hydrogen-bond donors (Lipinski definition) is 0. The van der Waals surface area contributed by atoms with E-state index < -0.39 is 7.92 Å². The Hall–Kier alpha value is -2.83. The molecule has 0 aliphatic carbocycles. The topological polar surface area (TPSA) is 66.1 Å². The maximum Gasteiger partial charge on any atom is 2.00 e. The van der Waals surface area contributed by atoms with Gasteiger partial charge in [0.1, 0.15) is 0 Å². The zero-order chi connectivity index (χ0) is 26.3. The van der Waals surface area contributed by atoms with Crippen molar-refractivity contribution in [3.8, 4) is 0 Å². The molecule has 0 saturated heterocycles. The van der Waals surface area contributed by atoms with Crippen LogP contribution in [-0.4, -0.2) is 13.1 Å². The van der Waals surface area contributed by atoms with Crippen LogP contribution in [0.15, 0.2) is 104 Å². The molecule has 0 saturated carbocycles. The van der Waals surface area contributed by atoms with Crippen LogP contribution in [0.1, 0.15) is 6.42 Å². The molecule has 3 aromatic rings. The Balaban J connectivity index is 0. The van der Waals surface area contributed by atoms with Gasteiger partial charge in [-0.1, -0.05) is 110 Å². The van der Waals surface area contributed by atoms with Gasteiger partial charge in [0.25, 0.3) is 0 Å². The fraction of sp³-hybridized carbons (Fsp3) is 0.100. The number of esters is 1. The Morgan fingerprint density at radius 3 is 1.53 bits per heavy atom. The molecule has 185 valence electrons. The van der Waals surface area contributed by atoms with Gasteiger partial charge in [-0.2, -0.15) is 0 Å². The average molecular weight is 540 g/mol. The fourth-order valence-corrected chi connectivity index (χ4v) is 5.30. The van der Waals surface area contributed by atoms with E-state index in [-0.39, 0.29) is 29.0 Å². The van der Waals surface area contributed by atoms with Crippen molar-refractivity contribution < 1.29 is 35.9 Å². The molecule has 6 heteroatoms. The van der Waals surface area contributed by atoms with Crippen LogP contribution in [0.2, 0.25) is 0 Å². The third kappa shape index (κ3) is 13.9. The van der Waals surface area contributed by atoms with Crippen molar-refractivity contribution in [2.24, 2.45) is 5.92 Å². The SMILES string of the molecule is [C-]#[O+].[C-]#[O+].[CH2][CH][CH][C@@H]([CH-]C(=O)OC)CC=C.[Fe+2].c1ccc(P(c2ccccc2)c2ccccc2)cc1. The van der Waals surface area contributed by atoms with Crippen LogP contribution >= 0.6 is 7.92 Å². The van der Waals surface area contributed by atoms with Crippen molar-refractivity contribution in [2.45, 2.75) is 6.42 Å². The standard InChI is InChI=1S/C18H15P.C10H14O2.2CO.Fe/c1-4-10-16(11-5-1)19(17-12-6-2-7-13-17)18-14-8-3-9-15-18;1-4-6-9(7-5-2)8-10(11)12-3;2*1-2;/h1-15H;4-6,8-9H,1-2,7H2,3H3;;;/q;-1;;;+2/t;9-;;;/m.1.../s1. The van der Waals surface area contributed by atoms with Gasteiger partial charge in [-0.15, -0.1) is 12.5 Å². The third-order valence-corrected chi connectivity index (χ3v) is 6.86. The van der Waals surface area contributed by atoms with Gasteiger partial charge in [-0.25, -0.2) is 0 Å². The largest absolute Gasteiger partial charge is 2.00 e. The van der Waals surface area contributed by atoms with Crippen LogP contribution in [0.25, 0.3) is 0 Å². The van der Waals surface area contributed by atoms with Crippen LogP contribution < -0.4 is 15.9 Å². The minimum absolute atomic E-state index is 0. The summed E-state index contributed by atoms with van der Waals surface area (Å²) in [6.07, 6.45) is 7.47. The number of ether oxygens (including phenoxy) is 1. The van der Waals surface area contributed by atoms with Crippen molar-refractivity contribution in [2.75, 3.05) is 7.11 Å². The zero-order valence-corrected chi connectivity index (χ0v) is 22.1. The summed E-state index contributed by atoms with van der Waals surface area (Å²) in [6, 6.07) is 32.3. The first-order valence-corrected chi connectivity index (χ1v) is 11.9. The smallest absolute Gasteiger partial charge is 0.491 e. The molecule has 3 radical (unpaired) electrons. The van der Waals surface area contributed by atoms with Crippen LogP contribution in [0.5, 0.6) is 0 Å². The summed E-state index contributed by atoms with van der Waals surface area (Å²) in [5.41, 5.74) is 0. The molecular formula is C30H29FeO4P+. The molecule has 0 bridgehead atoms. The van der Waals surface area contributed by atoms with Crippen LogP contribution in [0.3, 0.4) is 0 Å². The molecule has 0 unspecified atom stereocenters. The molecule has 4 nitrogen and oxygen atoms in total. The average Bonchev–Trinajstić information content (AvgIpc) is 2.93. The maximum absolute atomic E-state index is 10.8. The van der Waals surface area contributed by atoms with Crippen molar-refractivity contribution >= 4 is 29.8 Å².